The Morgan fingerprint density at radius 3 is 3.00 bits per heavy atom. The van der Waals surface area contributed by atoms with E-state index in [1.165, 1.54) is 16.3 Å². The normalized spacial score (nSPS) is 16.5. The smallest absolute Gasteiger partial charge is 0.107 e. The Morgan fingerprint density at radius 1 is 1.48 bits per heavy atom. The van der Waals surface area contributed by atoms with E-state index in [2.05, 4.69) is 35.5 Å². The molecule has 21 heavy (non-hydrogen) atoms. The molecule has 1 aromatic rings. The van der Waals surface area contributed by atoms with Gasteiger partial charge in [0.2, 0.25) is 0 Å². The van der Waals surface area contributed by atoms with E-state index in [-0.39, 0.29) is 0 Å². The van der Waals surface area contributed by atoms with Crippen LogP contribution >= 0.6 is 11.3 Å². The average molecular weight is 309 g/mol. The SMILES string of the molecule is COCC1=CCN(Cc2csc(CNCC(C)C)n2)CC1. The number of hydrogen-bond donors (Lipinski definition) is 1. The van der Waals surface area contributed by atoms with E-state index in [1.807, 2.05) is 0 Å². The minimum absolute atomic E-state index is 0.686. The van der Waals surface area contributed by atoms with E-state index in [0.717, 1.165) is 45.8 Å². The zero-order valence-corrected chi connectivity index (χ0v) is 14.2. The third kappa shape index (κ3) is 5.87. The lowest BCUT2D eigenvalue weighted by atomic mass is 10.1. The molecule has 0 fully saturated rings. The van der Waals surface area contributed by atoms with Crippen LogP contribution in [0.5, 0.6) is 0 Å². The van der Waals surface area contributed by atoms with Crippen molar-refractivity contribution in [3.63, 3.8) is 0 Å². The highest BCUT2D eigenvalue weighted by Gasteiger charge is 2.13. The molecule has 118 valence electrons. The summed E-state index contributed by atoms with van der Waals surface area (Å²) in [6.07, 6.45) is 3.41. The van der Waals surface area contributed by atoms with Crippen LogP contribution in [-0.4, -0.2) is 43.2 Å². The van der Waals surface area contributed by atoms with E-state index < -0.39 is 0 Å². The van der Waals surface area contributed by atoms with Crippen molar-refractivity contribution < 1.29 is 4.74 Å². The molecule has 1 N–H and O–H groups in total. The van der Waals surface area contributed by atoms with E-state index in [4.69, 9.17) is 9.72 Å². The molecule has 2 heterocycles. The fourth-order valence-corrected chi connectivity index (χ4v) is 3.17. The Balaban J connectivity index is 1.75. The van der Waals surface area contributed by atoms with Crippen molar-refractivity contribution in [3.05, 3.63) is 27.7 Å². The van der Waals surface area contributed by atoms with Gasteiger partial charge in [-0.25, -0.2) is 4.98 Å². The zero-order chi connectivity index (χ0) is 15.1. The van der Waals surface area contributed by atoms with E-state index >= 15 is 0 Å². The van der Waals surface area contributed by atoms with Gasteiger partial charge in [-0.15, -0.1) is 11.3 Å². The molecule has 5 heteroatoms. The Hall–Kier alpha value is -0.750. The van der Waals surface area contributed by atoms with Crippen molar-refractivity contribution in [1.29, 1.82) is 0 Å². The van der Waals surface area contributed by atoms with Crippen LogP contribution in [0.1, 0.15) is 31.0 Å². The molecular formula is C16H27N3OS. The molecule has 0 unspecified atom stereocenters. The van der Waals surface area contributed by atoms with Crippen LogP contribution in [0, 0.1) is 5.92 Å². The summed E-state index contributed by atoms with van der Waals surface area (Å²) in [6, 6.07) is 0. The van der Waals surface area contributed by atoms with Gasteiger partial charge in [0.1, 0.15) is 5.01 Å². The molecule has 1 aromatic heterocycles. The highest BCUT2D eigenvalue weighted by molar-refractivity contribution is 7.09. The van der Waals surface area contributed by atoms with Crippen molar-refractivity contribution >= 4 is 11.3 Å². The Morgan fingerprint density at radius 2 is 2.33 bits per heavy atom. The quantitative estimate of drug-likeness (QED) is 0.749. The Bertz CT molecular complexity index is 456. The van der Waals surface area contributed by atoms with Gasteiger partial charge in [-0.2, -0.15) is 0 Å². The molecule has 0 bridgehead atoms. The van der Waals surface area contributed by atoms with Crippen molar-refractivity contribution in [3.8, 4) is 0 Å². The van der Waals surface area contributed by atoms with Gasteiger partial charge in [0, 0.05) is 38.7 Å². The molecular weight excluding hydrogens is 282 g/mol. The number of ether oxygens (including phenoxy) is 1. The van der Waals surface area contributed by atoms with Crippen molar-refractivity contribution in [2.24, 2.45) is 5.92 Å². The van der Waals surface area contributed by atoms with Gasteiger partial charge >= 0.3 is 0 Å². The maximum absolute atomic E-state index is 5.19. The molecule has 0 spiro atoms. The average Bonchev–Trinajstić information content (AvgIpc) is 2.88. The van der Waals surface area contributed by atoms with Gasteiger partial charge in [0.05, 0.1) is 12.3 Å². The summed E-state index contributed by atoms with van der Waals surface area (Å²) < 4.78 is 5.19. The first kappa shape index (κ1) is 16.6. The largest absolute Gasteiger partial charge is 0.380 e. The molecule has 0 aromatic carbocycles. The van der Waals surface area contributed by atoms with Crippen LogP contribution in [0.4, 0.5) is 0 Å². The predicted molar refractivity (Wildman–Crippen MR) is 88.5 cm³/mol. The molecule has 0 atom stereocenters. The molecule has 1 aliphatic heterocycles. The minimum Gasteiger partial charge on any atom is -0.380 e. The van der Waals surface area contributed by atoms with Crippen LogP contribution in [0.3, 0.4) is 0 Å². The monoisotopic (exact) mass is 309 g/mol. The first-order chi connectivity index (χ1) is 10.2. The topological polar surface area (TPSA) is 37.4 Å². The molecule has 0 aliphatic carbocycles. The number of aromatic nitrogens is 1. The van der Waals surface area contributed by atoms with Gasteiger partial charge in [-0.1, -0.05) is 19.9 Å². The summed E-state index contributed by atoms with van der Waals surface area (Å²) in [5.41, 5.74) is 2.62. The zero-order valence-electron chi connectivity index (χ0n) is 13.4. The second kappa shape index (κ2) is 8.63. The fraction of sp³-hybridized carbons (Fsp3) is 0.688. The fourth-order valence-electron chi connectivity index (χ4n) is 2.41. The lowest BCUT2D eigenvalue weighted by Crippen LogP contribution is -2.29. The first-order valence-electron chi connectivity index (χ1n) is 7.70. The molecule has 4 nitrogen and oxygen atoms in total. The summed E-state index contributed by atoms with van der Waals surface area (Å²) in [7, 11) is 1.76. The third-order valence-corrected chi connectivity index (χ3v) is 4.43. The Labute approximate surface area is 132 Å². The Kier molecular flexibility index (Phi) is 6.83. The summed E-state index contributed by atoms with van der Waals surface area (Å²) in [5.74, 6) is 0.686. The maximum atomic E-state index is 5.19. The van der Waals surface area contributed by atoms with Crippen LogP contribution in [-0.2, 0) is 17.8 Å². The summed E-state index contributed by atoms with van der Waals surface area (Å²) in [4.78, 5) is 7.17. The standard InChI is InChI=1S/C16H27N3OS/c1-13(2)8-17-9-16-18-15(12-21-16)10-19-6-4-14(5-7-19)11-20-3/h4,12-13,17H,5-11H2,1-3H3. The highest BCUT2D eigenvalue weighted by Crippen LogP contribution is 2.16. The molecule has 1 aliphatic rings. The molecule has 0 amide bonds. The third-order valence-electron chi connectivity index (χ3n) is 3.53. The second-order valence-corrected chi connectivity index (χ2v) is 6.98. The van der Waals surface area contributed by atoms with E-state index in [0.29, 0.717) is 5.92 Å². The van der Waals surface area contributed by atoms with Crippen LogP contribution in [0.25, 0.3) is 0 Å². The number of methoxy groups -OCH3 is 1. The first-order valence-corrected chi connectivity index (χ1v) is 8.58. The summed E-state index contributed by atoms with van der Waals surface area (Å²) in [5, 5.41) is 6.84. The van der Waals surface area contributed by atoms with Crippen molar-refractivity contribution in [2.75, 3.05) is 33.4 Å². The molecule has 0 saturated heterocycles. The number of rotatable bonds is 8. The lowest BCUT2D eigenvalue weighted by Gasteiger charge is -2.25. The number of nitrogens with zero attached hydrogens (tertiary/aromatic N) is 2. The summed E-state index contributed by atoms with van der Waals surface area (Å²) >= 11 is 1.76. The van der Waals surface area contributed by atoms with Crippen LogP contribution in [0.2, 0.25) is 0 Å². The molecule has 0 saturated carbocycles. The number of hydrogen-bond acceptors (Lipinski definition) is 5. The van der Waals surface area contributed by atoms with Crippen molar-refractivity contribution in [2.45, 2.75) is 33.4 Å². The van der Waals surface area contributed by atoms with E-state index in [1.54, 1.807) is 18.4 Å². The number of thiazole rings is 1. The van der Waals surface area contributed by atoms with E-state index in [9.17, 15) is 0 Å². The van der Waals surface area contributed by atoms with Gasteiger partial charge in [0.15, 0.2) is 0 Å². The van der Waals surface area contributed by atoms with Gasteiger partial charge in [0.25, 0.3) is 0 Å². The number of nitrogens with one attached hydrogen (secondary N) is 1. The minimum atomic E-state index is 0.686. The van der Waals surface area contributed by atoms with Crippen LogP contribution in [0.15, 0.2) is 17.0 Å². The van der Waals surface area contributed by atoms with Crippen LogP contribution < -0.4 is 5.32 Å². The molecule has 2 rings (SSSR count). The molecule has 0 radical (unpaired) electrons. The van der Waals surface area contributed by atoms with Gasteiger partial charge in [-0.05, 0) is 24.5 Å². The van der Waals surface area contributed by atoms with Crippen molar-refractivity contribution in [1.82, 2.24) is 15.2 Å². The maximum Gasteiger partial charge on any atom is 0.107 e. The van der Waals surface area contributed by atoms with Gasteiger partial charge in [-0.3, -0.25) is 4.90 Å². The second-order valence-electron chi connectivity index (χ2n) is 6.04. The summed E-state index contributed by atoms with van der Waals surface area (Å²) in [6.45, 7) is 10.2. The highest BCUT2D eigenvalue weighted by atomic mass is 32.1. The predicted octanol–water partition coefficient (Wildman–Crippen LogP) is 2.67. The lowest BCUT2D eigenvalue weighted by molar-refractivity contribution is 0.210. The van der Waals surface area contributed by atoms with Gasteiger partial charge < -0.3 is 10.1 Å².